The normalized spacial score (nSPS) is 10.9. The summed E-state index contributed by atoms with van der Waals surface area (Å²) < 4.78 is 1.04. The van der Waals surface area contributed by atoms with E-state index in [1.165, 1.54) is 6.33 Å². The fraction of sp³-hybridized carbons (Fsp3) is 0.167. The zero-order valence-corrected chi connectivity index (χ0v) is 12.8. The predicted molar refractivity (Wildman–Crippen MR) is 86.2 cm³/mol. The van der Waals surface area contributed by atoms with Gasteiger partial charge >= 0.3 is 0 Å². The van der Waals surface area contributed by atoms with E-state index in [2.05, 4.69) is 4.98 Å². The van der Waals surface area contributed by atoms with E-state index in [1.54, 1.807) is 12.1 Å². The summed E-state index contributed by atoms with van der Waals surface area (Å²) in [4.78, 5) is 4.35. The van der Waals surface area contributed by atoms with E-state index in [1.807, 2.05) is 45.0 Å². The van der Waals surface area contributed by atoms with Crippen molar-refractivity contribution in [1.82, 2.24) is 9.71 Å². The molecule has 0 spiro atoms. The lowest BCUT2D eigenvalue weighted by Gasteiger charge is -2.12. The molecule has 1 heterocycles. The molecule has 0 saturated heterocycles. The van der Waals surface area contributed by atoms with Gasteiger partial charge in [0.2, 0.25) is 0 Å². The fourth-order valence-electron chi connectivity index (χ4n) is 2.66. The van der Waals surface area contributed by atoms with Crippen molar-refractivity contribution < 1.29 is 10.3 Å². The highest BCUT2D eigenvalue weighted by molar-refractivity contribution is 5.81. The van der Waals surface area contributed by atoms with Crippen LogP contribution in [0.2, 0.25) is 0 Å². The molecule has 0 fully saturated rings. The van der Waals surface area contributed by atoms with E-state index in [0.29, 0.717) is 5.69 Å². The SMILES string of the molecule is Cc1cccc(-c2ncn(O)c2-c2ccc(O)c(C)c2C)c1. The maximum Gasteiger partial charge on any atom is 0.133 e. The Morgan fingerprint density at radius 1 is 1.00 bits per heavy atom. The van der Waals surface area contributed by atoms with Crippen molar-refractivity contribution in [2.24, 2.45) is 0 Å². The van der Waals surface area contributed by atoms with Crippen molar-refractivity contribution in [1.29, 1.82) is 0 Å². The summed E-state index contributed by atoms with van der Waals surface area (Å²) in [6.45, 7) is 5.81. The number of hydrogen-bond acceptors (Lipinski definition) is 3. The van der Waals surface area contributed by atoms with Crippen LogP contribution in [0.3, 0.4) is 0 Å². The van der Waals surface area contributed by atoms with Gasteiger partial charge in [0.15, 0.2) is 0 Å². The van der Waals surface area contributed by atoms with Crippen molar-refractivity contribution in [3.8, 4) is 28.3 Å². The lowest BCUT2D eigenvalue weighted by atomic mass is 9.97. The number of aryl methyl sites for hydroxylation is 1. The van der Waals surface area contributed by atoms with Crippen LogP contribution in [0, 0.1) is 20.8 Å². The Morgan fingerprint density at radius 3 is 2.50 bits per heavy atom. The third kappa shape index (κ3) is 2.22. The van der Waals surface area contributed by atoms with Gasteiger partial charge in [0, 0.05) is 11.1 Å². The van der Waals surface area contributed by atoms with E-state index in [0.717, 1.165) is 38.2 Å². The molecule has 0 aliphatic carbocycles. The number of aromatic hydroxyl groups is 1. The summed E-state index contributed by atoms with van der Waals surface area (Å²) in [6, 6.07) is 11.5. The lowest BCUT2D eigenvalue weighted by molar-refractivity contribution is 0.190. The molecule has 22 heavy (non-hydrogen) atoms. The Kier molecular flexibility index (Phi) is 3.37. The van der Waals surface area contributed by atoms with Crippen LogP contribution in [0.1, 0.15) is 16.7 Å². The molecule has 4 nitrogen and oxygen atoms in total. The second-order valence-corrected chi connectivity index (χ2v) is 5.54. The predicted octanol–water partition coefficient (Wildman–Crippen LogP) is 4.09. The molecule has 0 unspecified atom stereocenters. The van der Waals surface area contributed by atoms with Crippen LogP contribution in [0.15, 0.2) is 42.7 Å². The Hall–Kier alpha value is -2.75. The van der Waals surface area contributed by atoms with E-state index >= 15 is 0 Å². The Morgan fingerprint density at radius 2 is 1.77 bits per heavy atom. The number of hydrogen-bond donors (Lipinski definition) is 2. The van der Waals surface area contributed by atoms with Gasteiger partial charge in [0.25, 0.3) is 0 Å². The second-order valence-electron chi connectivity index (χ2n) is 5.54. The minimum absolute atomic E-state index is 0.252. The molecule has 3 rings (SSSR count). The first-order valence-corrected chi connectivity index (χ1v) is 7.12. The van der Waals surface area contributed by atoms with Crippen LogP contribution in [0.4, 0.5) is 0 Å². The van der Waals surface area contributed by atoms with Crippen molar-refractivity contribution >= 4 is 0 Å². The van der Waals surface area contributed by atoms with Gasteiger partial charge in [-0.05, 0) is 50.1 Å². The van der Waals surface area contributed by atoms with Crippen LogP contribution in [-0.4, -0.2) is 20.0 Å². The largest absolute Gasteiger partial charge is 0.508 e. The van der Waals surface area contributed by atoms with E-state index in [4.69, 9.17) is 0 Å². The smallest absolute Gasteiger partial charge is 0.133 e. The van der Waals surface area contributed by atoms with Gasteiger partial charge in [0.05, 0.1) is 5.69 Å². The van der Waals surface area contributed by atoms with Crippen molar-refractivity contribution in [2.45, 2.75) is 20.8 Å². The van der Waals surface area contributed by atoms with Gasteiger partial charge in [-0.2, -0.15) is 4.73 Å². The number of benzene rings is 2. The number of nitrogens with zero attached hydrogens (tertiary/aromatic N) is 2. The molecule has 0 aliphatic rings. The Balaban J connectivity index is 2.25. The summed E-state index contributed by atoms with van der Waals surface area (Å²) in [6.07, 6.45) is 1.40. The zero-order chi connectivity index (χ0) is 15.9. The van der Waals surface area contributed by atoms with Gasteiger partial charge in [-0.1, -0.05) is 23.8 Å². The Labute approximate surface area is 129 Å². The maximum absolute atomic E-state index is 10.2. The van der Waals surface area contributed by atoms with Gasteiger partial charge in [0.1, 0.15) is 17.8 Å². The molecule has 0 radical (unpaired) electrons. The van der Waals surface area contributed by atoms with Crippen LogP contribution >= 0.6 is 0 Å². The quantitative estimate of drug-likeness (QED) is 0.700. The molecule has 3 aromatic rings. The van der Waals surface area contributed by atoms with E-state index in [9.17, 15) is 10.3 Å². The second kappa shape index (κ2) is 5.22. The highest BCUT2D eigenvalue weighted by Crippen LogP contribution is 2.35. The summed E-state index contributed by atoms with van der Waals surface area (Å²) >= 11 is 0. The number of rotatable bonds is 2. The van der Waals surface area contributed by atoms with Crippen LogP contribution in [0.25, 0.3) is 22.5 Å². The lowest BCUT2D eigenvalue weighted by Crippen LogP contribution is -1.97. The summed E-state index contributed by atoms with van der Waals surface area (Å²) in [5, 5.41) is 20.0. The first-order chi connectivity index (χ1) is 10.5. The standard InChI is InChI=1S/C18H18N2O2/c1-11-5-4-6-14(9-11)17-18(20(22)10-19-17)15-7-8-16(21)13(3)12(15)2/h4-10,21-22H,1-3H3. The molecule has 0 aliphatic heterocycles. The van der Waals surface area contributed by atoms with Crippen molar-refractivity contribution in [3.05, 3.63) is 59.4 Å². The number of phenols is 1. The van der Waals surface area contributed by atoms with Crippen molar-refractivity contribution in [3.63, 3.8) is 0 Å². The molecule has 0 bridgehead atoms. The minimum Gasteiger partial charge on any atom is -0.508 e. The molecule has 0 amide bonds. The molecule has 112 valence electrons. The number of phenolic OH excluding ortho intramolecular Hbond substituents is 1. The minimum atomic E-state index is 0.252. The maximum atomic E-state index is 10.2. The third-order valence-corrected chi connectivity index (χ3v) is 4.05. The van der Waals surface area contributed by atoms with Gasteiger partial charge in [-0.25, -0.2) is 4.98 Å². The van der Waals surface area contributed by atoms with Crippen LogP contribution in [-0.2, 0) is 0 Å². The van der Waals surface area contributed by atoms with Gasteiger partial charge in [-0.15, -0.1) is 0 Å². The molecule has 2 N–H and O–H groups in total. The van der Waals surface area contributed by atoms with Crippen LogP contribution in [0.5, 0.6) is 5.75 Å². The topological polar surface area (TPSA) is 58.3 Å². The third-order valence-electron chi connectivity index (χ3n) is 4.05. The van der Waals surface area contributed by atoms with Crippen molar-refractivity contribution in [2.75, 3.05) is 0 Å². The molecule has 2 aromatic carbocycles. The van der Waals surface area contributed by atoms with E-state index in [-0.39, 0.29) is 5.75 Å². The average molecular weight is 294 g/mol. The van der Waals surface area contributed by atoms with Gasteiger partial charge in [-0.3, -0.25) is 0 Å². The van der Waals surface area contributed by atoms with Gasteiger partial charge < -0.3 is 10.3 Å². The number of aromatic nitrogens is 2. The number of imidazole rings is 1. The first kappa shape index (κ1) is 14.2. The first-order valence-electron chi connectivity index (χ1n) is 7.12. The highest BCUT2D eigenvalue weighted by Gasteiger charge is 2.18. The molecule has 4 heteroatoms. The summed E-state index contributed by atoms with van der Waals surface area (Å²) in [5.41, 5.74) is 6.01. The average Bonchev–Trinajstić information content (AvgIpc) is 2.87. The molecular weight excluding hydrogens is 276 g/mol. The summed E-state index contributed by atoms with van der Waals surface area (Å²) in [7, 11) is 0. The van der Waals surface area contributed by atoms with Crippen LogP contribution < -0.4 is 0 Å². The monoisotopic (exact) mass is 294 g/mol. The Bertz CT molecular complexity index is 850. The zero-order valence-electron chi connectivity index (χ0n) is 12.8. The summed E-state index contributed by atoms with van der Waals surface area (Å²) in [5.74, 6) is 0.252. The fourth-order valence-corrected chi connectivity index (χ4v) is 2.66. The molecular formula is C18H18N2O2. The highest BCUT2D eigenvalue weighted by atomic mass is 16.5. The molecule has 1 aromatic heterocycles. The molecule has 0 saturated carbocycles. The molecule has 0 atom stereocenters. The van der Waals surface area contributed by atoms with E-state index < -0.39 is 0 Å².